The maximum Gasteiger partial charge on any atom is 0.182 e. The molecule has 0 radical (unpaired) electrons. The standard InChI is InChI=1S/C15H9ClFN3S/c1-8-3-2-4-13(9(8)7-18)20-14-5-10(16)11(17)6-12(14)19-15(20)21/h2-6H,1H3,(H,19,21). The molecular formula is C15H9ClFN3S. The van der Waals surface area contributed by atoms with E-state index in [0.717, 1.165) is 5.56 Å². The Balaban J connectivity index is 2.44. The molecule has 0 unspecified atom stereocenters. The van der Waals surface area contributed by atoms with Gasteiger partial charge in [-0.15, -0.1) is 0 Å². The highest BCUT2D eigenvalue weighted by atomic mass is 35.5. The van der Waals surface area contributed by atoms with E-state index in [9.17, 15) is 9.65 Å². The van der Waals surface area contributed by atoms with Crippen LogP contribution >= 0.6 is 23.8 Å². The SMILES string of the molecule is Cc1cccc(-n2c(=S)[nH]c3cc(F)c(Cl)cc32)c1C#N. The third-order valence-corrected chi connectivity index (χ3v) is 3.90. The van der Waals surface area contributed by atoms with Crippen molar-refractivity contribution in [2.45, 2.75) is 6.92 Å². The Morgan fingerprint density at radius 1 is 1.38 bits per heavy atom. The van der Waals surface area contributed by atoms with Crippen LogP contribution in [0.2, 0.25) is 5.02 Å². The number of fused-ring (bicyclic) bond motifs is 1. The number of imidazole rings is 1. The van der Waals surface area contributed by atoms with Crippen LogP contribution in [0.25, 0.3) is 16.7 Å². The van der Waals surface area contributed by atoms with Crippen LogP contribution < -0.4 is 0 Å². The van der Waals surface area contributed by atoms with E-state index in [-0.39, 0.29) is 5.02 Å². The number of aromatic amines is 1. The smallest absolute Gasteiger partial charge is 0.182 e. The number of hydrogen-bond donors (Lipinski definition) is 1. The second-order valence-corrected chi connectivity index (χ2v) is 5.42. The van der Waals surface area contributed by atoms with Crippen LogP contribution in [0.15, 0.2) is 30.3 Å². The Bertz CT molecular complexity index is 965. The van der Waals surface area contributed by atoms with Gasteiger partial charge < -0.3 is 4.98 Å². The molecule has 0 fully saturated rings. The van der Waals surface area contributed by atoms with E-state index in [4.69, 9.17) is 23.8 Å². The van der Waals surface area contributed by atoms with Crippen LogP contribution in [0.5, 0.6) is 0 Å². The van der Waals surface area contributed by atoms with Crippen LogP contribution in [0, 0.1) is 28.8 Å². The lowest BCUT2D eigenvalue weighted by molar-refractivity contribution is 0.630. The summed E-state index contributed by atoms with van der Waals surface area (Å²) in [7, 11) is 0. The molecule has 0 aliphatic heterocycles. The summed E-state index contributed by atoms with van der Waals surface area (Å²) < 4.78 is 15.6. The Morgan fingerprint density at radius 2 is 2.14 bits per heavy atom. The molecular weight excluding hydrogens is 309 g/mol. The zero-order chi connectivity index (χ0) is 15.1. The van der Waals surface area contributed by atoms with Crippen molar-refractivity contribution in [3.8, 4) is 11.8 Å². The first-order valence-electron chi connectivity index (χ1n) is 6.13. The minimum absolute atomic E-state index is 0.0106. The zero-order valence-electron chi connectivity index (χ0n) is 10.9. The molecule has 0 saturated heterocycles. The molecule has 2 aromatic carbocycles. The van der Waals surface area contributed by atoms with E-state index >= 15 is 0 Å². The maximum absolute atomic E-state index is 13.6. The van der Waals surface area contributed by atoms with E-state index in [0.29, 0.717) is 27.1 Å². The minimum Gasteiger partial charge on any atom is -0.330 e. The van der Waals surface area contributed by atoms with Crippen molar-refractivity contribution in [1.82, 2.24) is 9.55 Å². The highest BCUT2D eigenvalue weighted by molar-refractivity contribution is 7.71. The number of rotatable bonds is 1. The molecule has 0 saturated carbocycles. The van der Waals surface area contributed by atoms with Gasteiger partial charge in [-0.3, -0.25) is 4.57 Å². The monoisotopic (exact) mass is 317 g/mol. The van der Waals surface area contributed by atoms with Crippen molar-refractivity contribution in [3.63, 3.8) is 0 Å². The molecule has 0 bridgehead atoms. The summed E-state index contributed by atoms with van der Waals surface area (Å²) in [5, 5.41) is 9.38. The molecule has 1 heterocycles. The van der Waals surface area contributed by atoms with E-state index in [1.807, 2.05) is 19.1 Å². The second kappa shape index (κ2) is 4.99. The predicted molar refractivity (Wildman–Crippen MR) is 82.9 cm³/mol. The largest absolute Gasteiger partial charge is 0.330 e. The first-order chi connectivity index (χ1) is 10.0. The summed E-state index contributed by atoms with van der Waals surface area (Å²) in [4.78, 5) is 2.93. The van der Waals surface area contributed by atoms with Gasteiger partial charge in [0.25, 0.3) is 0 Å². The predicted octanol–water partition coefficient (Wildman–Crippen LogP) is 4.66. The maximum atomic E-state index is 13.6. The number of nitrogens with zero attached hydrogens (tertiary/aromatic N) is 2. The molecule has 21 heavy (non-hydrogen) atoms. The fourth-order valence-electron chi connectivity index (χ4n) is 2.33. The number of benzene rings is 2. The molecule has 3 aromatic rings. The Labute approximate surface area is 130 Å². The van der Waals surface area contributed by atoms with Crippen molar-refractivity contribution in [2.75, 3.05) is 0 Å². The number of aromatic nitrogens is 2. The van der Waals surface area contributed by atoms with Gasteiger partial charge in [0, 0.05) is 6.07 Å². The highest BCUT2D eigenvalue weighted by Gasteiger charge is 2.14. The fourth-order valence-corrected chi connectivity index (χ4v) is 2.79. The van der Waals surface area contributed by atoms with Gasteiger partial charge in [-0.05, 0) is 36.8 Å². The summed E-state index contributed by atoms with van der Waals surface area (Å²) in [5.41, 5.74) is 3.19. The van der Waals surface area contributed by atoms with E-state index in [1.54, 1.807) is 10.6 Å². The second-order valence-electron chi connectivity index (χ2n) is 4.63. The van der Waals surface area contributed by atoms with Crippen molar-refractivity contribution in [1.29, 1.82) is 5.26 Å². The van der Waals surface area contributed by atoms with Gasteiger partial charge in [-0.25, -0.2) is 4.39 Å². The summed E-state index contributed by atoms with van der Waals surface area (Å²) in [6, 6.07) is 10.5. The van der Waals surface area contributed by atoms with E-state index in [2.05, 4.69) is 11.1 Å². The lowest BCUT2D eigenvalue weighted by Gasteiger charge is -2.09. The van der Waals surface area contributed by atoms with Crippen LogP contribution in [-0.4, -0.2) is 9.55 Å². The third kappa shape index (κ3) is 2.13. The van der Waals surface area contributed by atoms with E-state index in [1.165, 1.54) is 12.1 Å². The minimum atomic E-state index is -0.516. The van der Waals surface area contributed by atoms with Crippen LogP contribution in [0.4, 0.5) is 4.39 Å². The number of nitriles is 1. The van der Waals surface area contributed by atoms with Crippen LogP contribution in [0.1, 0.15) is 11.1 Å². The summed E-state index contributed by atoms with van der Waals surface area (Å²) in [6.07, 6.45) is 0. The first-order valence-corrected chi connectivity index (χ1v) is 6.91. The Hall–Kier alpha value is -2.16. The van der Waals surface area contributed by atoms with Crippen LogP contribution in [-0.2, 0) is 0 Å². The van der Waals surface area contributed by atoms with Gasteiger partial charge in [0.2, 0.25) is 0 Å². The molecule has 104 valence electrons. The number of H-pyrrole nitrogens is 1. The van der Waals surface area contributed by atoms with E-state index < -0.39 is 5.82 Å². The van der Waals surface area contributed by atoms with Crippen molar-refractivity contribution in [3.05, 3.63) is 57.1 Å². The van der Waals surface area contributed by atoms with Gasteiger partial charge in [0.1, 0.15) is 11.9 Å². The summed E-state index contributed by atoms with van der Waals surface area (Å²) in [6.45, 7) is 1.85. The molecule has 0 atom stereocenters. The molecule has 1 aromatic heterocycles. The molecule has 3 rings (SSSR count). The van der Waals surface area contributed by atoms with Crippen molar-refractivity contribution < 1.29 is 4.39 Å². The normalized spacial score (nSPS) is 10.8. The molecule has 0 spiro atoms. The van der Waals surface area contributed by atoms with Crippen molar-refractivity contribution >= 4 is 34.9 Å². The zero-order valence-corrected chi connectivity index (χ0v) is 12.5. The average Bonchev–Trinajstić information content (AvgIpc) is 2.74. The van der Waals surface area contributed by atoms with Gasteiger partial charge in [-0.2, -0.15) is 5.26 Å². The molecule has 0 aliphatic rings. The fraction of sp³-hybridized carbons (Fsp3) is 0.0667. The van der Waals surface area contributed by atoms with Gasteiger partial charge in [0.15, 0.2) is 4.77 Å². The third-order valence-electron chi connectivity index (χ3n) is 3.33. The summed E-state index contributed by atoms with van der Waals surface area (Å²) in [5.74, 6) is -0.516. The molecule has 0 amide bonds. The Kier molecular flexibility index (Phi) is 3.28. The lowest BCUT2D eigenvalue weighted by Crippen LogP contribution is -1.99. The van der Waals surface area contributed by atoms with Gasteiger partial charge in [-0.1, -0.05) is 23.7 Å². The Morgan fingerprint density at radius 3 is 2.86 bits per heavy atom. The highest BCUT2D eigenvalue weighted by Crippen LogP contribution is 2.27. The number of halogens is 2. The first kappa shape index (κ1) is 13.8. The van der Waals surface area contributed by atoms with Gasteiger partial charge >= 0.3 is 0 Å². The molecule has 6 heteroatoms. The topological polar surface area (TPSA) is 44.5 Å². The molecule has 0 aliphatic carbocycles. The van der Waals surface area contributed by atoms with Crippen molar-refractivity contribution in [2.24, 2.45) is 0 Å². The quantitative estimate of drug-likeness (QED) is 0.663. The number of nitrogens with one attached hydrogen (secondary N) is 1. The molecule has 1 N–H and O–H groups in total. The number of hydrogen-bond acceptors (Lipinski definition) is 2. The average molecular weight is 318 g/mol. The molecule has 3 nitrogen and oxygen atoms in total. The lowest BCUT2D eigenvalue weighted by atomic mass is 10.1. The van der Waals surface area contributed by atoms with Crippen LogP contribution in [0.3, 0.4) is 0 Å². The number of aryl methyl sites for hydroxylation is 1. The summed E-state index contributed by atoms with van der Waals surface area (Å²) >= 11 is 11.2. The van der Waals surface area contributed by atoms with Gasteiger partial charge in [0.05, 0.1) is 27.3 Å².